The predicted molar refractivity (Wildman–Crippen MR) is 81.9 cm³/mol. The van der Waals surface area contributed by atoms with Crippen molar-refractivity contribution in [3.8, 4) is 0 Å². The molecule has 0 amide bonds. The zero-order chi connectivity index (χ0) is 13.3. The van der Waals surface area contributed by atoms with Crippen molar-refractivity contribution in [3.05, 3.63) is 24.2 Å². The summed E-state index contributed by atoms with van der Waals surface area (Å²) in [5, 5.41) is 7.46. The van der Waals surface area contributed by atoms with Crippen molar-refractivity contribution in [2.45, 2.75) is 30.9 Å². The Bertz CT molecular complexity index is 372. The number of guanidine groups is 1. The molecule has 1 saturated heterocycles. The zero-order valence-electron chi connectivity index (χ0n) is 11.5. The van der Waals surface area contributed by atoms with Crippen LogP contribution >= 0.6 is 11.8 Å². The number of aliphatic imine (C=N–C) groups is 1. The molecule has 5 heteroatoms. The molecule has 1 aromatic heterocycles. The summed E-state index contributed by atoms with van der Waals surface area (Å²) >= 11 is 2.08. The first kappa shape index (κ1) is 14.3. The molecule has 0 spiro atoms. The topological polar surface area (TPSA) is 49.6 Å². The fraction of sp³-hybridized carbons (Fsp3) is 0.643. The summed E-state index contributed by atoms with van der Waals surface area (Å²) in [5.41, 5.74) is 0. The molecule has 2 N–H and O–H groups in total. The average Bonchev–Trinajstić information content (AvgIpc) is 2.97. The van der Waals surface area contributed by atoms with Gasteiger partial charge in [0, 0.05) is 31.8 Å². The highest BCUT2D eigenvalue weighted by Gasteiger charge is 2.13. The van der Waals surface area contributed by atoms with Crippen LogP contribution in [0.25, 0.3) is 0 Å². The molecule has 4 nitrogen and oxygen atoms in total. The molecule has 2 rings (SSSR count). The fourth-order valence-electron chi connectivity index (χ4n) is 2.16. The highest BCUT2D eigenvalue weighted by atomic mass is 32.2. The number of rotatable bonds is 5. The first-order valence-corrected chi connectivity index (χ1v) is 8.02. The minimum atomic E-state index is 0.734. The third-order valence-electron chi connectivity index (χ3n) is 3.24. The van der Waals surface area contributed by atoms with E-state index >= 15 is 0 Å². The van der Waals surface area contributed by atoms with Gasteiger partial charge in [-0.3, -0.25) is 4.99 Å². The Labute approximate surface area is 119 Å². The maximum absolute atomic E-state index is 5.30. The van der Waals surface area contributed by atoms with Crippen LogP contribution in [-0.4, -0.2) is 37.1 Å². The van der Waals surface area contributed by atoms with E-state index in [0.717, 1.165) is 36.5 Å². The van der Waals surface area contributed by atoms with E-state index in [0.29, 0.717) is 0 Å². The summed E-state index contributed by atoms with van der Waals surface area (Å²) in [6.07, 6.45) is 6.65. The Morgan fingerprint density at radius 1 is 1.47 bits per heavy atom. The van der Waals surface area contributed by atoms with E-state index < -0.39 is 0 Å². The van der Waals surface area contributed by atoms with Crippen LogP contribution in [0, 0.1) is 0 Å². The SMILES string of the molecule is CN=C(NCCc1ccco1)NCC1CCCCS1. The van der Waals surface area contributed by atoms with Gasteiger partial charge < -0.3 is 15.1 Å². The zero-order valence-corrected chi connectivity index (χ0v) is 12.3. The Morgan fingerprint density at radius 2 is 2.42 bits per heavy atom. The molecule has 0 aliphatic carbocycles. The van der Waals surface area contributed by atoms with Crippen molar-refractivity contribution in [1.29, 1.82) is 0 Å². The van der Waals surface area contributed by atoms with Gasteiger partial charge in [-0.1, -0.05) is 6.42 Å². The highest BCUT2D eigenvalue weighted by molar-refractivity contribution is 7.99. The first-order chi connectivity index (χ1) is 9.38. The van der Waals surface area contributed by atoms with E-state index in [9.17, 15) is 0 Å². The molecule has 1 aliphatic heterocycles. The van der Waals surface area contributed by atoms with Gasteiger partial charge in [-0.2, -0.15) is 11.8 Å². The van der Waals surface area contributed by atoms with Gasteiger partial charge in [0.15, 0.2) is 5.96 Å². The van der Waals surface area contributed by atoms with Crippen molar-refractivity contribution in [1.82, 2.24) is 10.6 Å². The number of nitrogens with zero attached hydrogens (tertiary/aromatic N) is 1. The van der Waals surface area contributed by atoms with Crippen molar-refractivity contribution in [3.63, 3.8) is 0 Å². The number of hydrogen-bond donors (Lipinski definition) is 2. The number of furan rings is 1. The Hall–Kier alpha value is -1.10. The maximum Gasteiger partial charge on any atom is 0.191 e. The van der Waals surface area contributed by atoms with Gasteiger partial charge in [0.25, 0.3) is 0 Å². The summed E-state index contributed by atoms with van der Waals surface area (Å²) in [6, 6.07) is 3.92. The minimum absolute atomic E-state index is 0.734. The van der Waals surface area contributed by atoms with Gasteiger partial charge in [0.1, 0.15) is 5.76 Å². The van der Waals surface area contributed by atoms with Crippen molar-refractivity contribution in [2.24, 2.45) is 4.99 Å². The molecule has 1 aromatic rings. The summed E-state index contributed by atoms with van der Waals surface area (Å²) in [6.45, 7) is 1.84. The van der Waals surface area contributed by atoms with Crippen LogP contribution in [0.2, 0.25) is 0 Å². The molecule has 0 bridgehead atoms. The molecular weight excluding hydrogens is 258 g/mol. The molecule has 0 saturated carbocycles. The van der Waals surface area contributed by atoms with E-state index in [1.165, 1.54) is 25.0 Å². The molecule has 1 aliphatic rings. The molecule has 1 unspecified atom stereocenters. The van der Waals surface area contributed by atoms with Crippen molar-refractivity contribution >= 4 is 17.7 Å². The minimum Gasteiger partial charge on any atom is -0.469 e. The molecule has 19 heavy (non-hydrogen) atoms. The number of hydrogen-bond acceptors (Lipinski definition) is 3. The smallest absolute Gasteiger partial charge is 0.191 e. The Kier molecular flexibility index (Phi) is 6.14. The van der Waals surface area contributed by atoms with E-state index in [-0.39, 0.29) is 0 Å². The van der Waals surface area contributed by atoms with Gasteiger partial charge in [-0.05, 0) is 30.7 Å². The summed E-state index contributed by atoms with van der Waals surface area (Å²) in [5.74, 6) is 3.19. The van der Waals surface area contributed by atoms with E-state index in [4.69, 9.17) is 4.42 Å². The Balaban J connectivity index is 1.62. The van der Waals surface area contributed by atoms with E-state index in [1.54, 1.807) is 6.26 Å². The second-order valence-electron chi connectivity index (χ2n) is 4.70. The third-order valence-corrected chi connectivity index (χ3v) is 4.64. The normalized spacial score (nSPS) is 20.3. The lowest BCUT2D eigenvalue weighted by atomic mass is 10.2. The second kappa shape index (κ2) is 8.15. The van der Waals surface area contributed by atoms with Crippen LogP contribution in [-0.2, 0) is 6.42 Å². The molecule has 2 heterocycles. The van der Waals surface area contributed by atoms with Crippen LogP contribution in [0.3, 0.4) is 0 Å². The van der Waals surface area contributed by atoms with Crippen molar-refractivity contribution < 1.29 is 4.42 Å². The quantitative estimate of drug-likeness (QED) is 0.642. The molecule has 1 atom stereocenters. The van der Waals surface area contributed by atoms with E-state index in [2.05, 4.69) is 27.4 Å². The summed E-state index contributed by atoms with van der Waals surface area (Å²) in [4.78, 5) is 4.25. The highest BCUT2D eigenvalue weighted by Crippen LogP contribution is 2.24. The van der Waals surface area contributed by atoms with Crippen LogP contribution in [0.5, 0.6) is 0 Å². The van der Waals surface area contributed by atoms with Crippen LogP contribution in [0.15, 0.2) is 27.8 Å². The molecule has 0 aromatic carbocycles. The van der Waals surface area contributed by atoms with Crippen LogP contribution < -0.4 is 10.6 Å². The second-order valence-corrected chi connectivity index (χ2v) is 6.11. The summed E-state index contributed by atoms with van der Waals surface area (Å²) in [7, 11) is 1.82. The van der Waals surface area contributed by atoms with Crippen LogP contribution in [0.4, 0.5) is 0 Å². The lowest BCUT2D eigenvalue weighted by Gasteiger charge is -2.22. The fourth-order valence-corrected chi connectivity index (χ4v) is 3.40. The molecular formula is C14H23N3OS. The van der Waals surface area contributed by atoms with Crippen LogP contribution in [0.1, 0.15) is 25.0 Å². The maximum atomic E-state index is 5.30. The van der Waals surface area contributed by atoms with Gasteiger partial charge >= 0.3 is 0 Å². The average molecular weight is 281 g/mol. The van der Waals surface area contributed by atoms with Gasteiger partial charge in [-0.15, -0.1) is 0 Å². The standard InChI is InChI=1S/C14H23N3OS/c1-15-14(16-8-7-12-5-4-9-18-12)17-11-13-6-2-3-10-19-13/h4-5,9,13H,2-3,6-8,10-11H2,1H3,(H2,15,16,17). The molecule has 1 fully saturated rings. The number of nitrogens with one attached hydrogen (secondary N) is 2. The van der Waals surface area contributed by atoms with Gasteiger partial charge in [-0.25, -0.2) is 0 Å². The first-order valence-electron chi connectivity index (χ1n) is 6.97. The van der Waals surface area contributed by atoms with Gasteiger partial charge in [0.2, 0.25) is 0 Å². The largest absolute Gasteiger partial charge is 0.469 e. The lowest BCUT2D eigenvalue weighted by Crippen LogP contribution is -2.41. The predicted octanol–water partition coefficient (Wildman–Crippen LogP) is 2.27. The third kappa shape index (κ3) is 5.19. The molecule has 106 valence electrons. The van der Waals surface area contributed by atoms with Crippen molar-refractivity contribution in [2.75, 3.05) is 25.9 Å². The summed E-state index contributed by atoms with van der Waals surface area (Å²) < 4.78 is 5.30. The Morgan fingerprint density at radius 3 is 3.11 bits per heavy atom. The lowest BCUT2D eigenvalue weighted by molar-refractivity contribution is 0.506. The monoisotopic (exact) mass is 281 g/mol. The van der Waals surface area contributed by atoms with Gasteiger partial charge in [0.05, 0.1) is 6.26 Å². The molecule has 0 radical (unpaired) electrons. The number of thioether (sulfide) groups is 1. The van der Waals surface area contributed by atoms with E-state index in [1.807, 2.05) is 19.2 Å².